The lowest BCUT2D eigenvalue weighted by molar-refractivity contribution is -0.137. The van der Waals surface area contributed by atoms with Gasteiger partial charge in [0, 0.05) is 33.4 Å². The zero-order valence-corrected chi connectivity index (χ0v) is 15.4. The average Bonchev–Trinajstić information content (AvgIpc) is 2.56. The number of carbonyl (C=O) groups is 1. The van der Waals surface area contributed by atoms with E-state index in [0.29, 0.717) is 6.61 Å². The van der Waals surface area contributed by atoms with Gasteiger partial charge >= 0.3 is 14.8 Å². The molecule has 0 N–H and O–H groups in total. The van der Waals surface area contributed by atoms with Crippen molar-refractivity contribution in [1.29, 1.82) is 0 Å². The number of hydrogen-bond acceptors (Lipinski definition) is 5. The van der Waals surface area contributed by atoms with Gasteiger partial charge in [-0.1, -0.05) is 45.1 Å². The number of unbranched alkanes of at least 4 members (excludes halogenated alkanes) is 7. The van der Waals surface area contributed by atoms with Crippen molar-refractivity contribution in [1.82, 2.24) is 0 Å². The molecule has 0 radical (unpaired) electrons. The fourth-order valence-electron chi connectivity index (χ4n) is 2.29. The normalized spacial score (nSPS) is 11.4. The molecule has 0 aliphatic rings. The van der Waals surface area contributed by atoms with Gasteiger partial charge in [0.2, 0.25) is 0 Å². The van der Waals surface area contributed by atoms with E-state index in [9.17, 15) is 4.79 Å². The minimum absolute atomic E-state index is 0.331. The van der Waals surface area contributed by atoms with Crippen LogP contribution in [-0.4, -0.2) is 42.7 Å². The fraction of sp³-hybridized carbons (Fsp3) is 0.812. The van der Waals surface area contributed by atoms with E-state index in [-0.39, 0.29) is 5.97 Å². The lowest BCUT2D eigenvalue weighted by Gasteiger charge is -2.24. The molecular weight excluding hydrogens is 300 g/mol. The summed E-state index contributed by atoms with van der Waals surface area (Å²) in [4.78, 5) is 10.8. The second-order valence-corrected chi connectivity index (χ2v) is 8.34. The Kier molecular flexibility index (Phi) is 13.5. The van der Waals surface area contributed by atoms with Crippen LogP contribution in [0.15, 0.2) is 12.7 Å². The van der Waals surface area contributed by atoms with Crippen molar-refractivity contribution in [3.63, 3.8) is 0 Å². The van der Waals surface area contributed by atoms with Gasteiger partial charge in [-0.2, -0.15) is 0 Å². The van der Waals surface area contributed by atoms with E-state index in [4.69, 9.17) is 18.0 Å². The Morgan fingerprint density at radius 1 is 0.864 bits per heavy atom. The number of ether oxygens (including phenoxy) is 1. The molecule has 0 bridgehead atoms. The van der Waals surface area contributed by atoms with Crippen LogP contribution in [0, 0.1) is 0 Å². The Bertz CT molecular complexity index is 284. The molecule has 0 heterocycles. The highest BCUT2D eigenvalue weighted by molar-refractivity contribution is 6.60. The summed E-state index contributed by atoms with van der Waals surface area (Å²) in [5.74, 6) is -0.331. The van der Waals surface area contributed by atoms with Gasteiger partial charge in [0.15, 0.2) is 0 Å². The van der Waals surface area contributed by atoms with Crippen molar-refractivity contribution in [2.45, 2.75) is 57.4 Å². The molecule has 0 atom stereocenters. The van der Waals surface area contributed by atoms with E-state index in [1.165, 1.54) is 38.2 Å². The average molecular weight is 333 g/mol. The molecule has 0 saturated carbocycles. The maximum atomic E-state index is 10.8. The van der Waals surface area contributed by atoms with Crippen molar-refractivity contribution in [3.8, 4) is 0 Å². The first-order valence-electron chi connectivity index (χ1n) is 8.08. The molecule has 0 saturated heterocycles. The lowest BCUT2D eigenvalue weighted by Crippen LogP contribution is -2.42. The van der Waals surface area contributed by atoms with E-state index >= 15 is 0 Å². The summed E-state index contributed by atoms with van der Waals surface area (Å²) in [6.45, 7) is 3.86. The van der Waals surface area contributed by atoms with E-state index in [2.05, 4.69) is 6.58 Å². The second-order valence-electron chi connectivity index (χ2n) is 5.25. The summed E-state index contributed by atoms with van der Waals surface area (Å²) in [5, 5.41) is 0. The van der Waals surface area contributed by atoms with Gasteiger partial charge in [0.1, 0.15) is 0 Å². The largest absolute Gasteiger partial charge is 0.500 e. The molecule has 6 heteroatoms. The summed E-state index contributed by atoms with van der Waals surface area (Å²) in [6, 6.07) is 0.880. The van der Waals surface area contributed by atoms with Gasteiger partial charge in [0.05, 0.1) is 6.61 Å². The minimum Gasteiger partial charge on any atom is -0.463 e. The summed E-state index contributed by atoms with van der Waals surface area (Å²) in [7, 11) is 2.61. The zero-order chi connectivity index (χ0) is 16.7. The Hall–Kier alpha value is -0.693. The van der Waals surface area contributed by atoms with Crippen LogP contribution >= 0.6 is 0 Å². The number of carbonyl (C=O) groups excluding carboxylic acids is 1. The predicted molar refractivity (Wildman–Crippen MR) is 89.7 cm³/mol. The minimum atomic E-state index is -2.37. The number of esters is 1. The van der Waals surface area contributed by atoms with E-state index < -0.39 is 8.80 Å². The van der Waals surface area contributed by atoms with Gasteiger partial charge in [-0.15, -0.1) is 0 Å². The first kappa shape index (κ1) is 21.3. The third-order valence-electron chi connectivity index (χ3n) is 3.72. The molecule has 0 unspecified atom stereocenters. The summed E-state index contributed by atoms with van der Waals surface area (Å²) in [5.41, 5.74) is 0. The summed E-state index contributed by atoms with van der Waals surface area (Å²) in [6.07, 6.45) is 10.4. The molecule has 0 rings (SSSR count). The van der Waals surface area contributed by atoms with Crippen molar-refractivity contribution < 1.29 is 22.8 Å². The molecular formula is C16H32O5Si. The van der Waals surface area contributed by atoms with Crippen LogP contribution in [0.4, 0.5) is 0 Å². The summed E-state index contributed by atoms with van der Waals surface area (Å²) >= 11 is 0. The van der Waals surface area contributed by atoms with Crippen LogP contribution in [0.1, 0.15) is 51.4 Å². The molecule has 0 aliphatic carbocycles. The van der Waals surface area contributed by atoms with Crippen molar-refractivity contribution in [3.05, 3.63) is 12.7 Å². The van der Waals surface area contributed by atoms with Crippen LogP contribution in [0.5, 0.6) is 0 Å². The smallest absolute Gasteiger partial charge is 0.463 e. The molecule has 22 heavy (non-hydrogen) atoms. The molecule has 0 fully saturated rings. The molecule has 0 aromatic carbocycles. The maximum Gasteiger partial charge on any atom is 0.500 e. The Morgan fingerprint density at radius 3 is 1.77 bits per heavy atom. The Labute approximate surface area is 136 Å². The molecule has 0 aromatic rings. The van der Waals surface area contributed by atoms with Crippen LogP contribution in [0.3, 0.4) is 0 Å². The quantitative estimate of drug-likeness (QED) is 0.198. The van der Waals surface area contributed by atoms with Crippen LogP contribution in [0.25, 0.3) is 0 Å². The van der Waals surface area contributed by atoms with Crippen LogP contribution < -0.4 is 0 Å². The highest BCUT2D eigenvalue weighted by atomic mass is 28.4. The fourth-order valence-corrected chi connectivity index (χ4v) is 4.09. The topological polar surface area (TPSA) is 54.0 Å². The number of hydrogen-bond donors (Lipinski definition) is 0. The standard InChI is InChI=1S/C16H32O5Si/c1-5-16(17)21-14-12-10-8-6-7-9-11-13-15-22(18-2,19-3)20-4/h5H,1,6-15H2,2-4H3. The number of rotatable bonds is 15. The lowest BCUT2D eigenvalue weighted by atomic mass is 10.1. The van der Waals surface area contributed by atoms with Crippen molar-refractivity contribution >= 4 is 14.8 Å². The first-order valence-corrected chi connectivity index (χ1v) is 10.0. The van der Waals surface area contributed by atoms with Gasteiger partial charge < -0.3 is 18.0 Å². The predicted octanol–water partition coefficient (Wildman–Crippen LogP) is 3.71. The molecule has 5 nitrogen and oxygen atoms in total. The van der Waals surface area contributed by atoms with E-state index in [1.807, 2.05) is 0 Å². The maximum absolute atomic E-state index is 10.8. The van der Waals surface area contributed by atoms with Crippen molar-refractivity contribution in [2.24, 2.45) is 0 Å². The Morgan fingerprint density at radius 2 is 1.32 bits per heavy atom. The molecule has 0 amide bonds. The highest BCUT2D eigenvalue weighted by Gasteiger charge is 2.36. The van der Waals surface area contributed by atoms with Gasteiger partial charge in [-0.25, -0.2) is 4.79 Å². The third kappa shape index (κ3) is 10.1. The molecule has 130 valence electrons. The third-order valence-corrected chi connectivity index (χ3v) is 6.55. The van der Waals surface area contributed by atoms with E-state index in [0.717, 1.165) is 25.3 Å². The summed E-state index contributed by atoms with van der Waals surface area (Å²) < 4.78 is 21.1. The monoisotopic (exact) mass is 332 g/mol. The SMILES string of the molecule is C=CC(=O)OCCCCCCCCCC[Si](OC)(OC)OC. The highest BCUT2D eigenvalue weighted by Crippen LogP contribution is 2.18. The molecule has 0 spiro atoms. The van der Waals surface area contributed by atoms with Gasteiger partial charge in [-0.05, 0) is 12.8 Å². The zero-order valence-electron chi connectivity index (χ0n) is 14.4. The van der Waals surface area contributed by atoms with Crippen LogP contribution in [-0.2, 0) is 22.8 Å². The second kappa shape index (κ2) is 13.9. The molecule has 0 aromatic heterocycles. The Balaban J connectivity index is 3.37. The van der Waals surface area contributed by atoms with Crippen LogP contribution in [0.2, 0.25) is 6.04 Å². The molecule has 0 aliphatic heterocycles. The van der Waals surface area contributed by atoms with E-state index in [1.54, 1.807) is 21.3 Å². The van der Waals surface area contributed by atoms with Gasteiger partial charge in [-0.3, -0.25) is 0 Å². The first-order chi connectivity index (χ1) is 10.6. The van der Waals surface area contributed by atoms with Crippen molar-refractivity contribution in [2.75, 3.05) is 27.9 Å². The van der Waals surface area contributed by atoms with Gasteiger partial charge in [0.25, 0.3) is 0 Å².